The highest BCUT2D eigenvalue weighted by molar-refractivity contribution is 5.70. The molecule has 1 aromatic rings. The highest BCUT2D eigenvalue weighted by atomic mass is 16.4. The van der Waals surface area contributed by atoms with Crippen LogP contribution in [0.25, 0.3) is 0 Å². The van der Waals surface area contributed by atoms with Crippen LogP contribution in [0, 0.1) is 5.92 Å². The summed E-state index contributed by atoms with van der Waals surface area (Å²) < 4.78 is 2.01. The van der Waals surface area contributed by atoms with Gasteiger partial charge in [-0.05, 0) is 25.7 Å². The van der Waals surface area contributed by atoms with Gasteiger partial charge in [0, 0.05) is 6.42 Å². The molecular formula is C12H17N3O2. The molecule has 0 saturated heterocycles. The molecule has 5 heteroatoms. The molecular weight excluding hydrogens is 218 g/mol. The third kappa shape index (κ3) is 1.83. The Kier molecular flexibility index (Phi) is 2.61. The van der Waals surface area contributed by atoms with Crippen molar-refractivity contribution in [2.24, 2.45) is 5.92 Å². The Morgan fingerprint density at radius 1 is 1.29 bits per heavy atom. The van der Waals surface area contributed by atoms with Crippen molar-refractivity contribution in [1.82, 2.24) is 15.0 Å². The number of carboxylic acid groups (broad SMARTS) is 1. The molecule has 2 aliphatic rings. The van der Waals surface area contributed by atoms with Crippen LogP contribution in [0.3, 0.4) is 0 Å². The predicted octanol–water partition coefficient (Wildman–Crippen LogP) is 1.58. The van der Waals surface area contributed by atoms with E-state index in [1.54, 1.807) is 0 Å². The number of hydrogen-bond donors (Lipinski definition) is 1. The number of rotatable bonds is 2. The highest BCUT2D eigenvalue weighted by Gasteiger charge is 2.31. The molecule has 0 bridgehead atoms. The minimum atomic E-state index is -0.685. The van der Waals surface area contributed by atoms with Crippen LogP contribution in [0.2, 0.25) is 0 Å². The smallest absolute Gasteiger partial charge is 0.306 e. The first-order chi connectivity index (χ1) is 8.25. The molecule has 17 heavy (non-hydrogen) atoms. The maximum Gasteiger partial charge on any atom is 0.306 e. The maximum absolute atomic E-state index is 11.1. The Morgan fingerprint density at radius 2 is 2.06 bits per heavy atom. The second kappa shape index (κ2) is 4.13. The van der Waals surface area contributed by atoms with E-state index in [0.717, 1.165) is 30.7 Å². The molecule has 1 aromatic heterocycles. The Labute approximate surface area is 99.8 Å². The van der Waals surface area contributed by atoms with Crippen LogP contribution < -0.4 is 0 Å². The van der Waals surface area contributed by atoms with E-state index in [-0.39, 0.29) is 5.92 Å². The normalized spacial score (nSPS) is 24.8. The zero-order chi connectivity index (χ0) is 11.8. The first-order valence-electron chi connectivity index (χ1n) is 6.41. The first kappa shape index (κ1) is 10.7. The number of aliphatic carboxylic acids is 1. The fourth-order valence-corrected chi connectivity index (χ4v) is 3.05. The average molecular weight is 235 g/mol. The summed E-state index contributed by atoms with van der Waals surface area (Å²) in [5.74, 6) is -0.934. The summed E-state index contributed by atoms with van der Waals surface area (Å²) >= 11 is 0. The van der Waals surface area contributed by atoms with E-state index in [0.29, 0.717) is 18.9 Å². The lowest BCUT2D eigenvalue weighted by atomic mass is 9.89. The summed E-state index contributed by atoms with van der Waals surface area (Å²) in [5, 5.41) is 17.6. The molecule has 0 amide bonds. The summed E-state index contributed by atoms with van der Waals surface area (Å²) in [7, 11) is 0. The van der Waals surface area contributed by atoms with Gasteiger partial charge in [-0.1, -0.05) is 18.1 Å². The van der Waals surface area contributed by atoms with E-state index in [1.807, 2.05) is 4.68 Å². The fourth-order valence-electron chi connectivity index (χ4n) is 3.05. The third-order valence-electron chi connectivity index (χ3n) is 4.06. The van der Waals surface area contributed by atoms with Gasteiger partial charge < -0.3 is 5.11 Å². The molecule has 1 heterocycles. The van der Waals surface area contributed by atoms with Gasteiger partial charge in [-0.2, -0.15) is 0 Å². The van der Waals surface area contributed by atoms with Crippen LogP contribution in [-0.4, -0.2) is 26.1 Å². The van der Waals surface area contributed by atoms with Gasteiger partial charge in [0.05, 0.1) is 23.3 Å². The third-order valence-corrected chi connectivity index (χ3v) is 4.06. The Hall–Kier alpha value is -1.39. The van der Waals surface area contributed by atoms with Crippen LogP contribution in [-0.2, 0) is 17.6 Å². The number of fused-ring (bicyclic) bond motifs is 1. The van der Waals surface area contributed by atoms with Crippen LogP contribution in [0.5, 0.6) is 0 Å². The molecule has 2 aliphatic carbocycles. The SMILES string of the molecule is O=C(O)[C@H]1CCc2nnn(C3CCCC3)c2C1. The lowest BCUT2D eigenvalue weighted by Gasteiger charge is -2.20. The van der Waals surface area contributed by atoms with Crippen molar-refractivity contribution in [3.8, 4) is 0 Å². The Bertz CT molecular complexity index is 435. The van der Waals surface area contributed by atoms with Gasteiger partial charge in [-0.15, -0.1) is 5.10 Å². The second-order valence-corrected chi connectivity index (χ2v) is 5.14. The van der Waals surface area contributed by atoms with Crippen LogP contribution in [0.4, 0.5) is 0 Å². The van der Waals surface area contributed by atoms with E-state index >= 15 is 0 Å². The monoisotopic (exact) mass is 235 g/mol. The molecule has 1 atom stereocenters. The number of aryl methyl sites for hydroxylation is 1. The van der Waals surface area contributed by atoms with E-state index in [1.165, 1.54) is 12.8 Å². The molecule has 3 rings (SSSR count). The zero-order valence-corrected chi connectivity index (χ0v) is 9.80. The largest absolute Gasteiger partial charge is 0.481 e. The summed E-state index contributed by atoms with van der Waals surface area (Å²) in [5.41, 5.74) is 2.10. The Morgan fingerprint density at radius 3 is 2.76 bits per heavy atom. The van der Waals surface area contributed by atoms with Gasteiger partial charge in [-0.25, -0.2) is 4.68 Å². The quantitative estimate of drug-likeness (QED) is 0.845. The summed E-state index contributed by atoms with van der Waals surface area (Å²) in [4.78, 5) is 11.1. The van der Waals surface area contributed by atoms with E-state index < -0.39 is 5.97 Å². The molecule has 1 N–H and O–H groups in total. The van der Waals surface area contributed by atoms with Crippen LogP contribution >= 0.6 is 0 Å². The lowest BCUT2D eigenvalue weighted by Crippen LogP contribution is -2.24. The van der Waals surface area contributed by atoms with Gasteiger partial charge in [0.25, 0.3) is 0 Å². The predicted molar refractivity (Wildman–Crippen MR) is 60.7 cm³/mol. The van der Waals surface area contributed by atoms with E-state index in [4.69, 9.17) is 5.11 Å². The fraction of sp³-hybridized carbons (Fsp3) is 0.750. The number of aromatic nitrogens is 3. The van der Waals surface area contributed by atoms with Gasteiger partial charge in [0.15, 0.2) is 0 Å². The van der Waals surface area contributed by atoms with E-state index in [2.05, 4.69) is 10.3 Å². The number of carbonyl (C=O) groups is 1. The van der Waals surface area contributed by atoms with Crippen LogP contribution in [0.15, 0.2) is 0 Å². The van der Waals surface area contributed by atoms with Crippen molar-refractivity contribution in [2.75, 3.05) is 0 Å². The van der Waals surface area contributed by atoms with Crippen molar-refractivity contribution >= 4 is 5.97 Å². The van der Waals surface area contributed by atoms with Crippen molar-refractivity contribution in [1.29, 1.82) is 0 Å². The van der Waals surface area contributed by atoms with Crippen molar-refractivity contribution in [2.45, 2.75) is 51.0 Å². The number of carboxylic acids is 1. The molecule has 0 spiro atoms. The lowest BCUT2D eigenvalue weighted by molar-refractivity contribution is -0.142. The average Bonchev–Trinajstić information content (AvgIpc) is 2.96. The highest BCUT2D eigenvalue weighted by Crippen LogP contribution is 2.33. The first-order valence-corrected chi connectivity index (χ1v) is 6.41. The van der Waals surface area contributed by atoms with Gasteiger partial charge in [0.1, 0.15) is 0 Å². The molecule has 5 nitrogen and oxygen atoms in total. The van der Waals surface area contributed by atoms with Gasteiger partial charge >= 0.3 is 5.97 Å². The van der Waals surface area contributed by atoms with Crippen molar-refractivity contribution in [3.05, 3.63) is 11.4 Å². The van der Waals surface area contributed by atoms with E-state index in [9.17, 15) is 4.79 Å². The van der Waals surface area contributed by atoms with Crippen molar-refractivity contribution < 1.29 is 9.90 Å². The van der Waals surface area contributed by atoms with Gasteiger partial charge in [0.2, 0.25) is 0 Å². The number of nitrogens with zero attached hydrogens (tertiary/aromatic N) is 3. The Balaban J connectivity index is 1.88. The molecule has 0 aromatic carbocycles. The molecule has 0 aliphatic heterocycles. The minimum Gasteiger partial charge on any atom is -0.481 e. The van der Waals surface area contributed by atoms with Crippen LogP contribution in [0.1, 0.15) is 49.5 Å². The maximum atomic E-state index is 11.1. The second-order valence-electron chi connectivity index (χ2n) is 5.14. The molecule has 0 radical (unpaired) electrons. The van der Waals surface area contributed by atoms with Gasteiger partial charge in [-0.3, -0.25) is 4.79 Å². The summed E-state index contributed by atoms with van der Waals surface area (Å²) in [6.07, 6.45) is 6.89. The molecule has 92 valence electrons. The summed E-state index contributed by atoms with van der Waals surface area (Å²) in [6.45, 7) is 0. The van der Waals surface area contributed by atoms with Crippen molar-refractivity contribution in [3.63, 3.8) is 0 Å². The number of hydrogen-bond acceptors (Lipinski definition) is 3. The molecule has 1 fully saturated rings. The summed E-state index contributed by atoms with van der Waals surface area (Å²) in [6, 6.07) is 0.457. The molecule has 1 saturated carbocycles. The topological polar surface area (TPSA) is 68.0 Å². The zero-order valence-electron chi connectivity index (χ0n) is 9.80. The minimum absolute atomic E-state index is 0.249. The molecule has 0 unspecified atom stereocenters. The standard InChI is InChI=1S/C12H17N3O2/c16-12(17)8-5-6-10-11(7-8)15(14-13-10)9-3-1-2-4-9/h8-9H,1-7H2,(H,16,17)/t8-/m0/s1.